The molecule has 0 saturated heterocycles. The number of aromatic nitrogens is 2. The van der Waals surface area contributed by atoms with Crippen LogP contribution in [0.3, 0.4) is 0 Å². The van der Waals surface area contributed by atoms with Gasteiger partial charge in [0.2, 0.25) is 11.8 Å². The number of hydrogen-bond acceptors (Lipinski definition) is 7. The SMILES string of the molecule is CC(C)COCCCNc1nc(N)ncc1[N+](=O)[O-]. The molecule has 8 heteroatoms. The van der Waals surface area contributed by atoms with Crippen LogP contribution in [-0.2, 0) is 4.74 Å². The lowest BCUT2D eigenvalue weighted by Gasteiger charge is -2.08. The van der Waals surface area contributed by atoms with Gasteiger partial charge in [-0.2, -0.15) is 4.98 Å². The standard InChI is InChI=1S/C11H19N5O3/c1-8(2)7-19-5-3-4-13-10-9(16(17)18)6-14-11(12)15-10/h6,8H,3-5,7H2,1-2H3,(H3,12,13,14,15). The Morgan fingerprint density at radius 2 is 2.32 bits per heavy atom. The highest BCUT2D eigenvalue weighted by atomic mass is 16.6. The van der Waals surface area contributed by atoms with E-state index in [0.717, 1.165) is 12.6 Å². The monoisotopic (exact) mass is 269 g/mol. The summed E-state index contributed by atoms with van der Waals surface area (Å²) in [5.41, 5.74) is 5.22. The first-order chi connectivity index (χ1) is 9.00. The van der Waals surface area contributed by atoms with Gasteiger partial charge >= 0.3 is 5.69 Å². The largest absolute Gasteiger partial charge is 0.381 e. The number of nitrogens with two attached hydrogens (primary N) is 1. The summed E-state index contributed by atoms with van der Waals surface area (Å²) in [6.45, 7) is 5.98. The lowest BCUT2D eigenvalue weighted by molar-refractivity contribution is -0.384. The third kappa shape index (κ3) is 5.47. The van der Waals surface area contributed by atoms with Gasteiger partial charge in [-0.25, -0.2) is 4.98 Å². The van der Waals surface area contributed by atoms with Crippen molar-refractivity contribution in [2.24, 2.45) is 5.92 Å². The molecule has 1 rings (SSSR count). The van der Waals surface area contributed by atoms with Crippen LogP contribution in [-0.4, -0.2) is 34.6 Å². The number of nitrogens with one attached hydrogen (secondary N) is 1. The smallest absolute Gasteiger partial charge is 0.329 e. The van der Waals surface area contributed by atoms with Gasteiger partial charge in [0, 0.05) is 19.8 Å². The minimum atomic E-state index is -0.545. The first-order valence-corrected chi connectivity index (χ1v) is 6.09. The number of ether oxygens (including phenoxy) is 1. The van der Waals surface area contributed by atoms with Crippen molar-refractivity contribution in [2.75, 3.05) is 30.8 Å². The van der Waals surface area contributed by atoms with Crippen LogP contribution in [0.25, 0.3) is 0 Å². The van der Waals surface area contributed by atoms with Gasteiger partial charge in [0.05, 0.1) is 4.92 Å². The first kappa shape index (κ1) is 15.1. The van der Waals surface area contributed by atoms with Crippen LogP contribution in [0.2, 0.25) is 0 Å². The Morgan fingerprint density at radius 3 is 2.95 bits per heavy atom. The van der Waals surface area contributed by atoms with E-state index in [4.69, 9.17) is 10.5 Å². The topological polar surface area (TPSA) is 116 Å². The van der Waals surface area contributed by atoms with Crippen molar-refractivity contribution in [3.8, 4) is 0 Å². The van der Waals surface area contributed by atoms with Gasteiger partial charge in [-0.15, -0.1) is 0 Å². The van der Waals surface area contributed by atoms with Gasteiger partial charge in [0.1, 0.15) is 6.20 Å². The average Bonchev–Trinajstić information content (AvgIpc) is 2.33. The molecule has 0 aliphatic heterocycles. The molecule has 0 aliphatic rings. The molecule has 1 aromatic rings. The zero-order valence-electron chi connectivity index (χ0n) is 11.1. The van der Waals surface area contributed by atoms with Crippen LogP contribution in [0.5, 0.6) is 0 Å². The lowest BCUT2D eigenvalue weighted by atomic mass is 10.2. The Morgan fingerprint density at radius 1 is 1.58 bits per heavy atom. The van der Waals surface area contributed by atoms with Crippen molar-refractivity contribution >= 4 is 17.5 Å². The molecular formula is C11H19N5O3. The summed E-state index contributed by atoms with van der Waals surface area (Å²) < 4.78 is 5.40. The van der Waals surface area contributed by atoms with E-state index in [-0.39, 0.29) is 17.5 Å². The maximum atomic E-state index is 10.8. The molecule has 0 fully saturated rings. The molecule has 0 amide bonds. The fourth-order valence-corrected chi connectivity index (χ4v) is 1.35. The van der Waals surface area contributed by atoms with Crippen LogP contribution in [0.15, 0.2) is 6.20 Å². The van der Waals surface area contributed by atoms with Gasteiger partial charge < -0.3 is 15.8 Å². The highest BCUT2D eigenvalue weighted by Gasteiger charge is 2.15. The van der Waals surface area contributed by atoms with E-state index in [1.54, 1.807) is 0 Å². The van der Waals surface area contributed by atoms with Gasteiger partial charge in [0.25, 0.3) is 0 Å². The number of rotatable bonds is 8. The average molecular weight is 269 g/mol. The zero-order valence-corrected chi connectivity index (χ0v) is 11.1. The maximum absolute atomic E-state index is 10.8. The van der Waals surface area contributed by atoms with Crippen molar-refractivity contribution in [1.82, 2.24) is 9.97 Å². The molecule has 0 bridgehead atoms. The molecule has 0 atom stereocenters. The van der Waals surface area contributed by atoms with Crippen LogP contribution >= 0.6 is 0 Å². The second-order valence-electron chi connectivity index (χ2n) is 4.47. The molecular weight excluding hydrogens is 250 g/mol. The van der Waals surface area contributed by atoms with E-state index >= 15 is 0 Å². The Labute approximate surface area is 111 Å². The Hall–Kier alpha value is -1.96. The van der Waals surface area contributed by atoms with E-state index < -0.39 is 4.92 Å². The molecule has 0 aromatic carbocycles. The van der Waals surface area contributed by atoms with E-state index in [9.17, 15) is 10.1 Å². The second kappa shape index (κ2) is 7.47. The molecule has 0 saturated carbocycles. The second-order valence-corrected chi connectivity index (χ2v) is 4.47. The molecule has 8 nitrogen and oxygen atoms in total. The molecule has 1 aromatic heterocycles. The lowest BCUT2D eigenvalue weighted by Crippen LogP contribution is -2.11. The minimum absolute atomic E-state index is 0.00385. The molecule has 0 unspecified atom stereocenters. The summed E-state index contributed by atoms with van der Waals surface area (Å²) >= 11 is 0. The molecule has 0 radical (unpaired) electrons. The summed E-state index contributed by atoms with van der Waals surface area (Å²) in [4.78, 5) is 17.6. The highest BCUT2D eigenvalue weighted by Crippen LogP contribution is 2.20. The van der Waals surface area contributed by atoms with Crippen LogP contribution < -0.4 is 11.1 Å². The van der Waals surface area contributed by atoms with E-state index in [1.165, 1.54) is 0 Å². The van der Waals surface area contributed by atoms with E-state index in [0.29, 0.717) is 25.7 Å². The summed E-state index contributed by atoms with van der Waals surface area (Å²) in [6, 6.07) is 0. The van der Waals surface area contributed by atoms with Gasteiger partial charge in [0.15, 0.2) is 0 Å². The fraction of sp³-hybridized carbons (Fsp3) is 0.636. The zero-order chi connectivity index (χ0) is 14.3. The molecule has 3 N–H and O–H groups in total. The molecule has 0 aliphatic carbocycles. The predicted molar refractivity (Wildman–Crippen MR) is 71.9 cm³/mol. The normalized spacial score (nSPS) is 10.7. The Balaban J connectivity index is 2.40. The van der Waals surface area contributed by atoms with Crippen LogP contribution in [0, 0.1) is 16.0 Å². The molecule has 0 spiro atoms. The highest BCUT2D eigenvalue weighted by molar-refractivity contribution is 5.56. The number of anilines is 2. The minimum Gasteiger partial charge on any atom is -0.381 e. The third-order valence-corrected chi connectivity index (χ3v) is 2.19. The van der Waals surface area contributed by atoms with Crippen LogP contribution in [0.4, 0.5) is 17.5 Å². The molecule has 106 valence electrons. The fourth-order valence-electron chi connectivity index (χ4n) is 1.35. The Kier molecular flexibility index (Phi) is 5.94. The summed E-state index contributed by atoms with van der Waals surface area (Å²) in [6.07, 6.45) is 1.83. The van der Waals surface area contributed by atoms with E-state index in [1.807, 2.05) is 0 Å². The van der Waals surface area contributed by atoms with Crippen molar-refractivity contribution < 1.29 is 9.66 Å². The number of nitrogen functional groups attached to an aromatic ring is 1. The quantitative estimate of drug-likeness (QED) is 0.416. The van der Waals surface area contributed by atoms with Gasteiger partial charge in [-0.3, -0.25) is 10.1 Å². The third-order valence-electron chi connectivity index (χ3n) is 2.19. The van der Waals surface area contributed by atoms with E-state index in [2.05, 4.69) is 29.1 Å². The number of hydrogen-bond donors (Lipinski definition) is 2. The molecule has 1 heterocycles. The summed E-state index contributed by atoms with van der Waals surface area (Å²) in [7, 11) is 0. The van der Waals surface area contributed by atoms with Gasteiger partial charge in [-0.05, 0) is 12.3 Å². The number of nitrogens with zero attached hydrogens (tertiary/aromatic N) is 3. The molecule has 19 heavy (non-hydrogen) atoms. The van der Waals surface area contributed by atoms with Crippen LogP contribution in [0.1, 0.15) is 20.3 Å². The summed E-state index contributed by atoms with van der Waals surface area (Å²) in [5, 5.41) is 13.6. The van der Waals surface area contributed by atoms with Crippen molar-refractivity contribution in [2.45, 2.75) is 20.3 Å². The Bertz CT molecular complexity index is 425. The van der Waals surface area contributed by atoms with Crippen molar-refractivity contribution in [1.29, 1.82) is 0 Å². The predicted octanol–water partition coefficient (Wildman–Crippen LogP) is 1.44. The maximum Gasteiger partial charge on any atom is 0.329 e. The van der Waals surface area contributed by atoms with Crippen molar-refractivity contribution in [3.63, 3.8) is 0 Å². The van der Waals surface area contributed by atoms with Gasteiger partial charge in [-0.1, -0.05) is 13.8 Å². The first-order valence-electron chi connectivity index (χ1n) is 6.09. The summed E-state index contributed by atoms with van der Waals surface area (Å²) in [5.74, 6) is 0.640. The van der Waals surface area contributed by atoms with Crippen molar-refractivity contribution in [3.05, 3.63) is 16.3 Å². The number of nitro groups is 1.